The maximum Gasteiger partial charge on any atom is 0.306 e. The Hall–Kier alpha value is -5.36. The molecule has 7 amide bonds. The molecule has 1 aliphatic heterocycles. The number of hydrogen-bond donors (Lipinski definition) is 6. The topological polar surface area (TPSA) is 265 Å². The van der Waals surface area contributed by atoms with Crippen molar-refractivity contribution in [1.82, 2.24) is 36.8 Å². The van der Waals surface area contributed by atoms with E-state index in [0.717, 1.165) is 19.3 Å². The van der Waals surface area contributed by atoms with E-state index in [1.165, 1.54) is 17.9 Å². The lowest BCUT2D eigenvalue weighted by atomic mass is 9.83. The summed E-state index contributed by atoms with van der Waals surface area (Å²) in [6, 6.07) is -7.10. The summed E-state index contributed by atoms with van der Waals surface area (Å²) in [6.45, 7) is 20.3. The molecule has 6 atom stereocenters. The quantitative estimate of drug-likeness (QED) is 0.0464. The fourth-order valence-electron chi connectivity index (χ4n) is 7.96. The number of carbonyl (C=O) groups is 10. The van der Waals surface area contributed by atoms with E-state index < -0.39 is 112 Å². The predicted molar refractivity (Wildman–Crippen MR) is 245 cm³/mol. The molecule has 0 aromatic carbocycles. The molecular formula is C47H77N7O12. The molecule has 19 heteroatoms. The molecule has 6 unspecified atom stereocenters. The number of hydrogen-bond acceptors (Lipinski definition) is 12. The van der Waals surface area contributed by atoms with Crippen LogP contribution >= 0.6 is 0 Å². The first-order valence-electron chi connectivity index (χ1n) is 23.4. The second kappa shape index (κ2) is 26.7. The lowest BCUT2D eigenvalue weighted by Gasteiger charge is -2.36. The van der Waals surface area contributed by atoms with Gasteiger partial charge in [0.15, 0.2) is 0 Å². The molecule has 2 aliphatic rings. The second-order valence-electron chi connectivity index (χ2n) is 19.6. The highest BCUT2D eigenvalue weighted by Crippen LogP contribution is 2.30. The van der Waals surface area contributed by atoms with E-state index in [-0.39, 0.29) is 51.1 Å². The van der Waals surface area contributed by atoms with Crippen LogP contribution in [-0.2, 0) is 57.4 Å². The molecule has 2 fully saturated rings. The zero-order valence-corrected chi connectivity index (χ0v) is 40.9. The summed E-state index contributed by atoms with van der Waals surface area (Å²) in [5, 5.41) is 15.9. The molecule has 0 aromatic rings. The van der Waals surface area contributed by atoms with E-state index in [4.69, 9.17) is 9.47 Å². The van der Waals surface area contributed by atoms with Gasteiger partial charge in [0.2, 0.25) is 41.2 Å². The van der Waals surface area contributed by atoms with Crippen molar-refractivity contribution in [3.8, 4) is 0 Å². The largest absolute Gasteiger partial charge is 0.460 e. The van der Waals surface area contributed by atoms with Crippen LogP contribution in [0.15, 0.2) is 12.7 Å². The van der Waals surface area contributed by atoms with Gasteiger partial charge in [-0.05, 0) is 98.3 Å². The minimum Gasteiger partial charge on any atom is -0.460 e. The van der Waals surface area contributed by atoms with Gasteiger partial charge in [-0.1, -0.05) is 52.5 Å². The Morgan fingerprint density at radius 1 is 0.682 bits per heavy atom. The lowest BCUT2D eigenvalue weighted by Crippen LogP contribution is -2.61. The fourth-order valence-corrected chi connectivity index (χ4v) is 7.96. The van der Waals surface area contributed by atoms with Crippen LogP contribution in [0, 0.1) is 11.8 Å². The number of ether oxygens (including phenoxy) is 2. The van der Waals surface area contributed by atoms with Crippen LogP contribution in [0.3, 0.4) is 0 Å². The third kappa shape index (κ3) is 19.6. The monoisotopic (exact) mass is 932 g/mol. The molecule has 0 radical (unpaired) electrons. The highest BCUT2D eigenvalue weighted by atomic mass is 16.6. The van der Waals surface area contributed by atoms with Gasteiger partial charge in [0, 0.05) is 32.9 Å². The molecule has 2 rings (SSSR count). The Balaban J connectivity index is 2.41. The first-order valence-corrected chi connectivity index (χ1v) is 23.4. The Labute approximate surface area is 390 Å². The van der Waals surface area contributed by atoms with Gasteiger partial charge in [0.25, 0.3) is 5.91 Å². The van der Waals surface area contributed by atoms with Crippen molar-refractivity contribution in [3.63, 3.8) is 0 Å². The van der Waals surface area contributed by atoms with Crippen molar-refractivity contribution in [2.45, 2.75) is 200 Å². The Morgan fingerprint density at radius 2 is 1.23 bits per heavy atom. The maximum absolute atomic E-state index is 14.6. The minimum atomic E-state index is -1.42. The van der Waals surface area contributed by atoms with Crippen molar-refractivity contribution in [1.29, 1.82) is 0 Å². The number of rotatable bonds is 24. The van der Waals surface area contributed by atoms with Crippen molar-refractivity contribution >= 4 is 59.1 Å². The number of amides is 7. The molecule has 372 valence electrons. The number of Topliss-reactive ketones (excluding diaryl/α,β-unsaturated/α-hetero) is 1. The van der Waals surface area contributed by atoms with Gasteiger partial charge >= 0.3 is 11.9 Å². The highest BCUT2D eigenvalue weighted by molar-refractivity contribution is 6.38. The van der Waals surface area contributed by atoms with Crippen LogP contribution in [0.4, 0.5) is 0 Å². The second-order valence-corrected chi connectivity index (χ2v) is 19.6. The van der Waals surface area contributed by atoms with Gasteiger partial charge in [-0.15, -0.1) is 6.58 Å². The third-order valence-corrected chi connectivity index (χ3v) is 11.1. The van der Waals surface area contributed by atoms with E-state index in [9.17, 15) is 47.9 Å². The molecule has 1 saturated carbocycles. The van der Waals surface area contributed by atoms with E-state index in [2.05, 4.69) is 38.5 Å². The summed E-state index contributed by atoms with van der Waals surface area (Å²) in [6.07, 6.45) is 5.72. The minimum absolute atomic E-state index is 0.0716. The van der Waals surface area contributed by atoms with Gasteiger partial charge in [-0.3, -0.25) is 47.9 Å². The summed E-state index contributed by atoms with van der Waals surface area (Å²) in [5.74, 6) is -7.77. The number of esters is 2. The van der Waals surface area contributed by atoms with Crippen molar-refractivity contribution < 1.29 is 57.4 Å². The molecule has 0 bridgehead atoms. The summed E-state index contributed by atoms with van der Waals surface area (Å²) >= 11 is 0. The molecule has 0 spiro atoms. The highest BCUT2D eigenvalue weighted by Gasteiger charge is 2.43. The SMILES string of the molecule is C=CCNC(=O)C(=O)C(CCC)NC(=O)C1CCCN1C(=O)C(NC(=O)C(NC(=O)C(CCC(=O)OC(C)(C)C)NC(=O)C(CCC(=O)OC(C)(C)C)NC(C)=O)C(C)C)C1CCCCC1. The summed E-state index contributed by atoms with van der Waals surface area (Å²) in [4.78, 5) is 135. The van der Waals surface area contributed by atoms with Gasteiger partial charge in [-0.2, -0.15) is 0 Å². The average molecular weight is 932 g/mol. The fraction of sp³-hybridized carbons (Fsp3) is 0.745. The van der Waals surface area contributed by atoms with Gasteiger partial charge in [-0.25, -0.2) is 0 Å². The van der Waals surface area contributed by atoms with Gasteiger partial charge in [0.05, 0.1) is 6.04 Å². The van der Waals surface area contributed by atoms with E-state index >= 15 is 0 Å². The van der Waals surface area contributed by atoms with Crippen molar-refractivity contribution in [2.24, 2.45) is 11.8 Å². The first kappa shape index (κ1) is 56.8. The smallest absolute Gasteiger partial charge is 0.306 e. The van der Waals surface area contributed by atoms with Crippen LogP contribution in [0.2, 0.25) is 0 Å². The molecule has 0 aromatic heterocycles. The molecule has 1 heterocycles. The van der Waals surface area contributed by atoms with Crippen molar-refractivity contribution in [3.05, 3.63) is 12.7 Å². The van der Waals surface area contributed by atoms with Crippen LogP contribution in [0.5, 0.6) is 0 Å². The average Bonchev–Trinajstić information content (AvgIpc) is 3.72. The van der Waals surface area contributed by atoms with Crippen LogP contribution in [0.1, 0.15) is 153 Å². The maximum atomic E-state index is 14.6. The molecule has 19 nitrogen and oxygen atoms in total. The Bertz CT molecular complexity index is 1750. The van der Waals surface area contributed by atoms with E-state index in [1.807, 2.05) is 6.92 Å². The number of carbonyl (C=O) groups excluding carboxylic acids is 10. The predicted octanol–water partition coefficient (Wildman–Crippen LogP) is 2.57. The van der Waals surface area contributed by atoms with E-state index in [0.29, 0.717) is 32.1 Å². The van der Waals surface area contributed by atoms with Crippen molar-refractivity contribution in [2.75, 3.05) is 13.1 Å². The van der Waals surface area contributed by atoms with Gasteiger partial charge in [0.1, 0.15) is 41.4 Å². The molecule has 1 saturated heterocycles. The molecular weight excluding hydrogens is 855 g/mol. The number of likely N-dealkylation sites (tertiary alicyclic amines) is 1. The molecule has 6 N–H and O–H groups in total. The normalized spacial score (nSPS) is 17.7. The number of nitrogens with one attached hydrogen (secondary N) is 6. The van der Waals surface area contributed by atoms with Crippen LogP contribution in [-0.4, -0.2) is 125 Å². The van der Waals surface area contributed by atoms with E-state index in [1.54, 1.807) is 55.4 Å². The summed E-state index contributed by atoms with van der Waals surface area (Å²) in [7, 11) is 0. The standard InChI is InChI=1S/C47H77N7O12/c1-12-18-31(39(58)44(63)48-26-13-2)50-42(61)34-21-17-27-54(34)45(64)38(30-19-15-14-16-20-30)53-43(62)37(28(3)4)52-41(60)33(23-25-36(57)66-47(9,10)11)51-40(59)32(49-29(5)55)22-24-35(56)65-46(6,7)8/h13,28,30-34,37-38H,2,12,14-27H2,1,3-11H3,(H,48,63)(H,49,55)(H,50,61)(H,51,59)(H,52,60)(H,53,62). The zero-order valence-electron chi connectivity index (χ0n) is 40.9. The van der Waals surface area contributed by atoms with Crippen LogP contribution in [0.25, 0.3) is 0 Å². The molecule has 66 heavy (non-hydrogen) atoms. The summed E-state index contributed by atoms with van der Waals surface area (Å²) < 4.78 is 10.8. The van der Waals surface area contributed by atoms with Gasteiger partial charge < -0.3 is 46.3 Å². The summed E-state index contributed by atoms with van der Waals surface area (Å²) in [5.41, 5.74) is -1.64. The van der Waals surface area contributed by atoms with Crippen LogP contribution < -0.4 is 31.9 Å². The number of nitrogens with zero attached hydrogens (tertiary/aromatic N) is 1. The molecule has 1 aliphatic carbocycles. The third-order valence-electron chi connectivity index (χ3n) is 11.1. The number of ketones is 1. The lowest BCUT2D eigenvalue weighted by molar-refractivity contribution is -0.156. The Kier molecular flexibility index (Phi) is 23.0. The zero-order chi connectivity index (χ0) is 49.9. The first-order chi connectivity index (χ1) is 30.8. The Morgan fingerprint density at radius 3 is 1.73 bits per heavy atom.